The maximum absolute atomic E-state index is 13.3. The molecular formula is C9H6ClF3O3. The van der Waals surface area contributed by atoms with E-state index in [-0.39, 0.29) is 11.4 Å². The van der Waals surface area contributed by atoms with E-state index in [1.807, 2.05) is 0 Å². The van der Waals surface area contributed by atoms with Gasteiger partial charge in [0.2, 0.25) is 0 Å². The Hall–Kier alpha value is -1.43. The average molecular weight is 255 g/mol. The lowest BCUT2D eigenvalue weighted by Gasteiger charge is -2.08. The molecule has 0 aliphatic heterocycles. The third kappa shape index (κ3) is 2.79. The van der Waals surface area contributed by atoms with Crippen molar-refractivity contribution in [3.63, 3.8) is 0 Å². The molecular weight excluding hydrogens is 249 g/mol. The van der Waals surface area contributed by atoms with Gasteiger partial charge in [0.05, 0.1) is 11.4 Å². The first kappa shape index (κ1) is 12.6. The van der Waals surface area contributed by atoms with Crippen LogP contribution in [0, 0.1) is 5.82 Å². The summed E-state index contributed by atoms with van der Waals surface area (Å²) in [5.41, 5.74) is -0.967. The average Bonchev–Trinajstić information content (AvgIpc) is 2.19. The van der Waals surface area contributed by atoms with Crippen molar-refractivity contribution in [2.24, 2.45) is 0 Å². The number of carboxylic acids is 1. The molecule has 0 fully saturated rings. The zero-order chi connectivity index (χ0) is 12.3. The van der Waals surface area contributed by atoms with Crippen molar-refractivity contribution < 1.29 is 27.8 Å². The monoisotopic (exact) mass is 254 g/mol. The molecule has 0 unspecified atom stereocenters. The van der Waals surface area contributed by atoms with Crippen LogP contribution in [0.2, 0.25) is 0 Å². The van der Waals surface area contributed by atoms with E-state index in [0.717, 1.165) is 6.07 Å². The molecule has 0 atom stereocenters. The minimum absolute atomic E-state index is 0.211. The summed E-state index contributed by atoms with van der Waals surface area (Å²) < 4.78 is 41.1. The first-order chi connectivity index (χ1) is 7.45. The fraction of sp³-hybridized carbons (Fsp3) is 0.222. The molecule has 0 radical (unpaired) electrons. The van der Waals surface area contributed by atoms with E-state index < -0.39 is 29.7 Å². The minimum Gasteiger partial charge on any atom is -0.478 e. The van der Waals surface area contributed by atoms with Crippen LogP contribution in [0.5, 0.6) is 5.75 Å². The van der Waals surface area contributed by atoms with Crippen LogP contribution in [0.15, 0.2) is 12.1 Å². The number of aromatic carboxylic acids is 1. The molecule has 0 aliphatic rings. The zero-order valence-corrected chi connectivity index (χ0v) is 8.47. The molecule has 3 nitrogen and oxygen atoms in total. The number of ether oxygens (including phenoxy) is 1. The van der Waals surface area contributed by atoms with Crippen LogP contribution in [0.4, 0.5) is 13.2 Å². The Balaban J connectivity index is 3.23. The molecule has 16 heavy (non-hydrogen) atoms. The molecule has 0 amide bonds. The Morgan fingerprint density at radius 3 is 2.56 bits per heavy atom. The lowest BCUT2D eigenvalue weighted by Crippen LogP contribution is -2.07. The molecule has 88 valence electrons. The van der Waals surface area contributed by atoms with E-state index in [1.165, 1.54) is 0 Å². The third-order valence-electron chi connectivity index (χ3n) is 1.72. The summed E-state index contributed by atoms with van der Waals surface area (Å²) >= 11 is 5.34. The van der Waals surface area contributed by atoms with Crippen LogP contribution in [-0.4, -0.2) is 17.7 Å². The predicted molar refractivity (Wildman–Crippen MR) is 49.5 cm³/mol. The molecule has 0 aliphatic carbocycles. The molecule has 0 saturated heterocycles. The second kappa shape index (κ2) is 5.07. The fourth-order valence-electron chi connectivity index (χ4n) is 1.08. The van der Waals surface area contributed by atoms with E-state index >= 15 is 0 Å². The van der Waals surface area contributed by atoms with Gasteiger partial charge in [0, 0.05) is 5.56 Å². The quantitative estimate of drug-likeness (QED) is 0.841. The largest absolute Gasteiger partial charge is 0.478 e. The van der Waals surface area contributed by atoms with Crippen molar-refractivity contribution in [2.45, 2.75) is 12.5 Å². The van der Waals surface area contributed by atoms with Gasteiger partial charge in [-0.2, -0.15) is 8.78 Å². The van der Waals surface area contributed by atoms with Gasteiger partial charge in [-0.1, -0.05) is 0 Å². The van der Waals surface area contributed by atoms with Gasteiger partial charge < -0.3 is 9.84 Å². The van der Waals surface area contributed by atoms with Crippen molar-refractivity contribution in [3.05, 3.63) is 29.1 Å². The lowest BCUT2D eigenvalue weighted by molar-refractivity contribution is -0.0500. The number of rotatable bonds is 4. The van der Waals surface area contributed by atoms with Crippen molar-refractivity contribution in [3.8, 4) is 5.75 Å². The molecule has 0 aromatic heterocycles. The van der Waals surface area contributed by atoms with Crippen molar-refractivity contribution >= 4 is 17.6 Å². The summed E-state index contributed by atoms with van der Waals surface area (Å²) in [4.78, 5) is 10.6. The molecule has 0 spiro atoms. The zero-order valence-electron chi connectivity index (χ0n) is 7.71. The molecule has 1 aromatic carbocycles. The Kier molecular flexibility index (Phi) is 4.00. The van der Waals surface area contributed by atoms with Crippen LogP contribution in [0.1, 0.15) is 15.9 Å². The van der Waals surface area contributed by atoms with Gasteiger partial charge >= 0.3 is 12.6 Å². The Labute approximate surface area is 93.4 Å². The normalized spacial score (nSPS) is 10.6. The van der Waals surface area contributed by atoms with Crippen LogP contribution < -0.4 is 4.74 Å². The van der Waals surface area contributed by atoms with Crippen molar-refractivity contribution in [1.82, 2.24) is 0 Å². The summed E-state index contributed by atoms with van der Waals surface area (Å²) in [6, 6.07) is 1.61. The minimum atomic E-state index is -3.12. The summed E-state index contributed by atoms with van der Waals surface area (Å²) in [6.07, 6.45) is 0. The van der Waals surface area contributed by atoms with E-state index in [1.54, 1.807) is 0 Å². The molecule has 1 rings (SSSR count). The highest BCUT2D eigenvalue weighted by molar-refractivity contribution is 6.17. The summed E-state index contributed by atoms with van der Waals surface area (Å²) in [7, 11) is 0. The van der Waals surface area contributed by atoms with Gasteiger partial charge in [0.25, 0.3) is 0 Å². The summed E-state index contributed by atoms with van der Waals surface area (Å²) in [5.74, 6) is -3.41. The summed E-state index contributed by atoms with van der Waals surface area (Å²) in [6.45, 7) is -3.12. The maximum Gasteiger partial charge on any atom is 0.387 e. The number of hydrogen-bond acceptors (Lipinski definition) is 2. The predicted octanol–water partition coefficient (Wildman–Crippen LogP) is 2.86. The fourth-order valence-corrected chi connectivity index (χ4v) is 1.27. The van der Waals surface area contributed by atoms with Gasteiger partial charge in [-0.15, -0.1) is 11.6 Å². The van der Waals surface area contributed by atoms with E-state index in [0.29, 0.717) is 6.07 Å². The number of alkyl halides is 3. The molecule has 0 heterocycles. The van der Waals surface area contributed by atoms with Gasteiger partial charge in [-0.3, -0.25) is 0 Å². The van der Waals surface area contributed by atoms with Gasteiger partial charge in [-0.05, 0) is 12.1 Å². The van der Waals surface area contributed by atoms with Gasteiger partial charge in [-0.25, -0.2) is 9.18 Å². The smallest absolute Gasteiger partial charge is 0.387 e. The Morgan fingerprint density at radius 1 is 1.50 bits per heavy atom. The summed E-state index contributed by atoms with van der Waals surface area (Å²) in [5, 5.41) is 8.62. The number of carbonyl (C=O) groups is 1. The number of hydrogen-bond donors (Lipinski definition) is 1. The molecule has 0 bridgehead atoms. The Bertz CT molecular complexity index is 409. The number of benzene rings is 1. The van der Waals surface area contributed by atoms with Crippen molar-refractivity contribution in [1.29, 1.82) is 0 Å². The lowest BCUT2D eigenvalue weighted by atomic mass is 10.1. The second-order valence-electron chi connectivity index (χ2n) is 2.76. The van der Waals surface area contributed by atoms with Crippen LogP contribution >= 0.6 is 11.6 Å². The standard InChI is InChI=1S/C9H6ClF3O3/c10-3-4-1-5(16-9(12)13)2-6(7(4)11)8(14)15/h1-2,9H,3H2,(H,14,15). The second-order valence-corrected chi connectivity index (χ2v) is 3.03. The molecule has 1 aromatic rings. The van der Waals surface area contributed by atoms with Crippen LogP contribution in [-0.2, 0) is 5.88 Å². The van der Waals surface area contributed by atoms with E-state index in [9.17, 15) is 18.0 Å². The maximum atomic E-state index is 13.3. The highest BCUT2D eigenvalue weighted by atomic mass is 35.5. The highest BCUT2D eigenvalue weighted by Crippen LogP contribution is 2.24. The van der Waals surface area contributed by atoms with E-state index in [4.69, 9.17) is 16.7 Å². The van der Waals surface area contributed by atoms with Crippen LogP contribution in [0.3, 0.4) is 0 Å². The van der Waals surface area contributed by atoms with E-state index in [2.05, 4.69) is 4.74 Å². The Morgan fingerprint density at radius 2 is 2.12 bits per heavy atom. The van der Waals surface area contributed by atoms with Gasteiger partial charge in [0.15, 0.2) is 0 Å². The first-order valence-electron chi connectivity index (χ1n) is 4.02. The molecule has 0 saturated carbocycles. The SMILES string of the molecule is O=C(O)c1cc(OC(F)F)cc(CCl)c1F. The number of halogens is 4. The highest BCUT2D eigenvalue weighted by Gasteiger charge is 2.17. The van der Waals surface area contributed by atoms with Gasteiger partial charge in [0.1, 0.15) is 11.6 Å². The molecule has 1 N–H and O–H groups in total. The third-order valence-corrected chi connectivity index (χ3v) is 2.01. The number of carboxylic acid groups (broad SMARTS) is 1. The molecule has 7 heteroatoms. The topological polar surface area (TPSA) is 46.5 Å². The first-order valence-corrected chi connectivity index (χ1v) is 4.55. The van der Waals surface area contributed by atoms with Crippen LogP contribution in [0.25, 0.3) is 0 Å². The van der Waals surface area contributed by atoms with Crippen molar-refractivity contribution in [2.75, 3.05) is 0 Å².